The van der Waals surface area contributed by atoms with Crippen LogP contribution in [0, 0.1) is 0 Å². The first-order valence-electron chi connectivity index (χ1n) is 10.3. The highest BCUT2D eigenvalue weighted by molar-refractivity contribution is 7.90. The highest BCUT2D eigenvalue weighted by Gasteiger charge is 2.19. The van der Waals surface area contributed by atoms with E-state index >= 15 is 0 Å². The van der Waals surface area contributed by atoms with Crippen LogP contribution in [0.1, 0.15) is 19.3 Å². The van der Waals surface area contributed by atoms with Crippen LogP contribution in [0.15, 0.2) is 47.4 Å². The first kappa shape index (κ1) is 22.2. The van der Waals surface area contributed by atoms with E-state index in [0.717, 1.165) is 34.3 Å². The van der Waals surface area contributed by atoms with E-state index < -0.39 is 9.84 Å². The molecule has 2 N–H and O–H groups in total. The predicted octanol–water partition coefficient (Wildman–Crippen LogP) is 3.50. The first-order valence-corrected chi connectivity index (χ1v) is 13.0. The molecule has 1 aliphatic heterocycles. The molecule has 0 atom stereocenters. The molecule has 2 heterocycles. The van der Waals surface area contributed by atoms with Crippen molar-refractivity contribution in [3.63, 3.8) is 0 Å². The second kappa shape index (κ2) is 9.25. The zero-order valence-electron chi connectivity index (χ0n) is 17.6. The number of amides is 3. The molecule has 3 amide bonds. The van der Waals surface area contributed by atoms with Crippen LogP contribution in [0.25, 0.3) is 21.3 Å². The number of likely N-dealkylation sites (tertiary alicyclic amines) is 1. The molecular weight excluding hydrogens is 448 g/mol. The number of nitrogens with one attached hydrogen (secondary N) is 2. The predicted molar refractivity (Wildman–Crippen MR) is 126 cm³/mol. The third-order valence-electron chi connectivity index (χ3n) is 5.27. The molecule has 3 aromatic rings. The Kier molecular flexibility index (Phi) is 6.43. The van der Waals surface area contributed by atoms with Gasteiger partial charge in [0.15, 0.2) is 15.0 Å². The summed E-state index contributed by atoms with van der Waals surface area (Å²) in [5.74, 6) is 0.186. The maximum atomic E-state index is 12.2. The Hall–Kier alpha value is -2.98. The van der Waals surface area contributed by atoms with Crippen LogP contribution < -0.4 is 10.6 Å². The van der Waals surface area contributed by atoms with Gasteiger partial charge in [0.1, 0.15) is 0 Å². The molecule has 0 bridgehead atoms. The van der Waals surface area contributed by atoms with Crippen LogP contribution in [-0.4, -0.2) is 56.1 Å². The van der Waals surface area contributed by atoms with E-state index in [1.54, 1.807) is 18.2 Å². The smallest absolute Gasteiger partial charge is 0.321 e. The number of nitrogens with zero attached hydrogens (tertiary/aromatic N) is 2. The maximum absolute atomic E-state index is 12.2. The van der Waals surface area contributed by atoms with Gasteiger partial charge >= 0.3 is 6.03 Å². The third kappa shape index (κ3) is 5.25. The second-order valence-electron chi connectivity index (χ2n) is 7.72. The van der Waals surface area contributed by atoms with Crippen LogP contribution in [0.5, 0.6) is 0 Å². The summed E-state index contributed by atoms with van der Waals surface area (Å²) in [7, 11) is -3.29. The quantitative estimate of drug-likeness (QED) is 0.512. The number of fused-ring (bicyclic) bond motifs is 1. The van der Waals surface area contributed by atoms with Gasteiger partial charge in [0.2, 0.25) is 5.91 Å². The average molecular weight is 473 g/mol. The first-order chi connectivity index (χ1) is 15.3. The fraction of sp³-hybridized carbons (Fsp3) is 0.318. The van der Waals surface area contributed by atoms with Gasteiger partial charge in [0.05, 0.1) is 15.1 Å². The number of anilines is 1. The SMILES string of the molecule is CS(=O)(=O)c1cccc(-c2ccc3nc(NC(=O)NCCCN4CCCC4=O)sc3c2)c1. The minimum Gasteiger partial charge on any atom is -0.343 e. The summed E-state index contributed by atoms with van der Waals surface area (Å²) < 4.78 is 24.6. The summed E-state index contributed by atoms with van der Waals surface area (Å²) in [4.78, 5) is 30.3. The molecular formula is C22H24N4O4S2. The van der Waals surface area contributed by atoms with Crippen molar-refractivity contribution in [3.05, 3.63) is 42.5 Å². The van der Waals surface area contributed by atoms with Crippen molar-refractivity contribution in [2.45, 2.75) is 24.2 Å². The summed E-state index contributed by atoms with van der Waals surface area (Å²) in [6, 6.07) is 12.1. The molecule has 32 heavy (non-hydrogen) atoms. The van der Waals surface area contributed by atoms with E-state index in [2.05, 4.69) is 15.6 Å². The number of sulfone groups is 1. The molecule has 1 aromatic heterocycles. The average Bonchev–Trinajstić information content (AvgIpc) is 3.35. The third-order valence-corrected chi connectivity index (χ3v) is 7.31. The van der Waals surface area contributed by atoms with Gasteiger partial charge in [-0.25, -0.2) is 18.2 Å². The minimum atomic E-state index is -3.29. The Morgan fingerprint density at radius 1 is 1.19 bits per heavy atom. The van der Waals surface area contributed by atoms with Gasteiger partial charge in [0, 0.05) is 32.3 Å². The standard InChI is InChI=1S/C22H24N4O4S2/c1-32(29,30)17-6-2-5-15(13-17)16-8-9-18-19(14-16)31-22(24-18)25-21(28)23-10-4-12-26-11-3-7-20(26)27/h2,5-6,8-9,13-14H,3-4,7,10-12H2,1H3,(H2,23,24,25,28). The van der Waals surface area contributed by atoms with Gasteiger partial charge in [-0.2, -0.15) is 0 Å². The van der Waals surface area contributed by atoms with Crippen molar-refractivity contribution < 1.29 is 18.0 Å². The summed E-state index contributed by atoms with van der Waals surface area (Å²) >= 11 is 1.35. The van der Waals surface area contributed by atoms with E-state index in [9.17, 15) is 18.0 Å². The lowest BCUT2D eigenvalue weighted by Gasteiger charge is -2.15. The zero-order chi connectivity index (χ0) is 22.7. The van der Waals surface area contributed by atoms with Gasteiger partial charge < -0.3 is 10.2 Å². The van der Waals surface area contributed by atoms with Gasteiger partial charge in [-0.15, -0.1) is 0 Å². The lowest BCUT2D eigenvalue weighted by atomic mass is 10.1. The van der Waals surface area contributed by atoms with E-state index in [-0.39, 0.29) is 16.8 Å². The number of carbonyl (C=O) groups excluding carboxylic acids is 2. The van der Waals surface area contributed by atoms with Crippen molar-refractivity contribution in [1.82, 2.24) is 15.2 Å². The zero-order valence-corrected chi connectivity index (χ0v) is 19.3. The molecule has 168 valence electrons. The molecule has 1 fully saturated rings. The fourth-order valence-corrected chi connectivity index (χ4v) is 5.18. The lowest BCUT2D eigenvalue weighted by Crippen LogP contribution is -2.32. The second-order valence-corrected chi connectivity index (χ2v) is 10.8. The van der Waals surface area contributed by atoms with Crippen LogP contribution in [0.2, 0.25) is 0 Å². The normalized spacial score (nSPS) is 14.2. The number of rotatable bonds is 7. The number of aromatic nitrogens is 1. The number of hydrogen-bond donors (Lipinski definition) is 2. The Labute approximate surface area is 190 Å². The Morgan fingerprint density at radius 3 is 2.75 bits per heavy atom. The summed E-state index contributed by atoms with van der Waals surface area (Å²) in [5.41, 5.74) is 2.42. The molecule has 0 spiro atoms. The molecule has 0 saturated carbocycles. The molecule has 0 aliphatic carbocycles. The lowest BCUT2D eigenvalue weighted by molar-refractivity contribution is -0.127. The summed E-state index contributed by atoms with van der Waals surface area (Å²) in [6.07, 6.45) is 3.42. The number of hydrogen-bond acceptors (Lipinski definition) is 6. The van der Waals surface area contributed by atoms with Gasteiger partial charge in [0.25, 0.3) is 0 Å². The maximum Gasteiger partial charge on any atom is 0.321 e. The van der Waals surface area contributed by atoms with Crippen molar-refractivity contribution in [2.24, 2.45) is 0 Å². The van der Waals surface area contributed by atoms with Gasteiger partial charge in [-0.1, -0.05) is 29.5 Å². The topological polar surface area (TPSA) is 108 Å². The molecule has 0 unspecified atom stereocenters. The molecule has 1 aliphatic rings. The fourth-order valence-electron chi connectivity index (χ4n) is 3.62. The molecule has 2 aromatic carbocycles. The summed E-state index contributed by atoms with van der Waals surface area (Å²) in [5, 5.41) is 6.03. The highest BCUT2D eigenvalue weighted by Crippen LogP contribution is 2.31. The molecule has 1 saturated heterocycles. The molecule has 8 nitrogen and oxygen atoms in total. The number of urea groups is 1. The molecule has 0 radical (unpaired) electrons. The molecule has 4 rings (SSSR count). The van der Waals surface area contributed by atoms with Crippen molar-refractivity contribution in [1.29, 1.82) is 0 Å². The van der Waals surface area contributed by atoms with E-state index in [1.807, 2.05) is 29.2 Å². The van der Waals surface area contributed by atoms with Crippen LogP contribution >= 0.6 is 11.3 Å². The number of carbonyl (C=O) groups is 2. The largest absolute Gasteiger partial charge is 0.343 e. The Bertz CT molecular complexity index is 1270. The monoisotopic (exact) mass is 472 g/mol. The van der Waals surface area contributed by atoms with Crippen LogP contribution in [-0.2, 0) is 14.6 Å². The van der Waals surface area contributed by atoms with Crippen molar-refractivity contribution in [2.75, 3.05) is 31.2 Å². The highest BCUT2D eigenvalue weighted by atomic mass is 32.2. The van der Waals surface area contributed by atoms with Crippen molar-refractivity contribution in [3.8, 4) is 11.1 Å². The minimum absolute atomic E-state index is 0.186. The van der Waals surface area contributed by atoms with Gasteiger partial charge in [-0.3, -0.25) is 10.1 Å². The van der Waals surface area contributed by atoms with Gasteiger partial charge in [-0.05, 0) is 48.2 Å². The van der Waals surface area contributed by atoms with E-state index in [1.165, 1.54) is 17.6 Å². The van der Waals surface area contributed by atoms with Crippen LogP contribution in [0.3, 0.4) is 0 Å². The van der Waals surface area contributed by atoms with E-state index in [4.69, 9.17) is 0 Å². The molecule has 10 heteroatoms. The number of thiazole rings is 1. The summed E-state index contributed by atoms with van der Waals surface area (Å²) in [6.45, 7) is 1.93. The van der Waals surface area contributed by atoms with E-state index in [0.29, 0.717) is 31.1 Å². The van der Waals surface area contributed by atoms with Crippen molar-refractivity contribution >= 4 is 48.5 Å². The number of benzene rings is 2. The Balaban J connectivity index is 1.37. The van der Waals surface area contributed by atoms with Crippen LogP contribution in [0.4, 0.5) is 9.93 Å². The Morgan fingerprint density at radius 2 is 2.00 bits per heavy atom.